The molecule has 0 fully saturated rings. The summed E-state index contributed by atoms with van der Waals surface area (Å²) in [6, 6.07) is 5.76. The summed E-state index contributed by atoms with van der Waals surface area (Å²) >= 11 is 6.02. The van der Waals surface area contributed by atoms with Crippen molar-refractivity contribution >= 4 is 22.5 Å². The number of aliphatic hydroxyl groups is 1. The van der Waals surface area contributed by atoms with Crippen LogP contribution in [0.25, 0.3) is 10.9 Å². The van der Waals surface area contributed by atoms with E-state index < -0.39 is 0 Å². The number of fused-ring (bicyclic) bond motifs is 3. The third-order valence-electron chi connectivity index (χ3n) is 3.29. The molecule has 0 saturated heterocycles. The van der Waals surface area contributed by atoms with Crippen LogP contribution in [0.1, 0.15) is 11.3 Å². The Morgan fingerprint density at radius 1 is 1.47 bits per heavy atom. The minimum atomic E-state index is -0.0690. The van der Waals surface area contributed by atoms with Crippen molar-refractivity contribution in [3.63, 3.8) is 0 Å². The number of rotatable bonds is 1. The highest BCUT2D eigenvalue weighted by Crippen LogP contribution is 2.29. The highest BCUT2D eigenvalue weighted by atomic mass is 35.5. The molecule has 0 spiro atoms. The lowest BCUT2D eigenvalue weighted by molar-refractivity contribution is 0.332. The fraction of sp³-hybridized carbons (Fsp3) is 0.231. The lowest BCUT2D eigenvalue weighted by atomic mass is 9.98. The molecule has 1 aliphatic heterocycles. The van der Waals surface area contributed by atoms with Crippen LogP contribution in [0, 0.1) is 0 Å². The first-order valence-corrected chi connectivity index (χ1v) is 5.93. The van der Waals surface area contributed by atoms with Gasteiger partial charge in [-0.1, -0.05) is 18.2 Å². The maximum Gasteiger partial charge on any atom is 0.102 e. The van der Waals surface area contributed by atoms with Crippen LogP contribution in [0.3, 0.4) is 0 Å². The molecule has 0 radical (unpaired) electrons. The summed E-state index contributed by atoms with van der Waals surface area (Å²) in [5.41, 5.74) is 3.48. The molecule has 1 aromatic heterocycles. The average molecular weight is 249 g/mol. The Morgan fingerprint density at radius 3 is 3.06 bits per heavy atom. The monoisotopic (exact) mass is 248 g/mol. The summed E-state index contributed by atoms with van der Waals surface area (Å²) in [5.74, 6) is 0.187. The van der Waals surface area contributed by atoms with Crippen molar-refractivity contribution in [3.8, 4) is 0 Å². The molecule has 1 atom stereocenters. The molecule has 4 heteroatoms. The van der Waals surface area contributed by atoms with Crippen molar-refractivity contribution in [3.05, 3.63) is 46.8 Å². The van der Waals surface area contributed by atoms with E-state index in [0.717, 1.165) is 22.3 Å². The van der Waals surface area contributed by atoms with Gasteiger partial charge in [0.25, 0.3) is 0 Å². The zero-order chi connectivity index (χ0) is 12.0. The first-order valence-electron chi connectivity index (χ1n) is 5.55. The summed E-state index contributed by atoms with van der Waals surface area (Å²) < 4.78 is 0. The highest BCUT2D eigenvalue weighted by Gasteiger charge is 2.23. The van der Waals surface area contributed by atoms with E-state index in [1.807, 2.05) is 18.2 Å². The van der Waals surface area contributed by atoms with E-state index in [1.165, 1.54) is 11.3 Å². The van der Waals surface area contributed by atoms with Crippen LogP contribution in [-0.4, -0.2) is 16.1 Å². The van der Waals surface area contributed by atoms with E-state index in [0.29, 0.717) is 6.54 Å². The first-order chi connectivity index (χ1) is 8.15. The summed E-state index contributed by atoms with van der Waals surface area (Å²) in [5, 5.41) is 14.6. The zero-order valence-electron chi connectivity index (χ0n) is 9.26. The van der Waals surface area contributed by atoms with Gasteiger partial charge in [-0.3, -0.25) is 0 Å². The van der Waals surface area contributed by atoms with E-state index in [1.54, 1.807) is 0 Å². The van der Waals surface area contributed by atoms with Gasteiger partial charge in [-0.05, 0) is 30.2 Å². The van der Waals surface area contributed by atoms with Crippen LogP contribution in [0.2, 0.25) is 5.02 Å². The average Bonchev–Trinajstić information content (AvgIpc) is 2.66. The molecule has 0 amide bonds. The highest BCUT2D eigenvalue weighted by molar-refractivity contribution is 6.31. The minimum Gasteiger partial charge on any atom is -0.511 e. The van der Waals surface area contributed by atoms with Crippen LogP contribution >= 0.6 is 11.6 Å². The number of H-pyrrole nitrogens is 1. The largest absolute Gasteiger partial charge is 0.511 e. The van der Waals surface area contributed by atoms with E-state index in [-0.39, 0.29) is 11.8 Å². The summed E-state index contributed by atoms with van der Waals surface area (Å²) in [6.45, 7) is 4.30. The van der Waals surface area contributed by atoms with Gasteiger partial charge >= 0.3 is 0 Å². The molecule has 1 aliphatic rings. The molecule has 3 N–H and O–H groups in total. The Hall–Kier alpha value is -1.45. The van der Waals surface area contributed by atoms with Crippen molar-refractivity contribution < 1.29 is 5.11 Å². The van der Waals surface area contributed by atoms with Crippen LogP contribution in [0.5, 0.6) is 0 Å². The molecule has 88 valence electrons. The molecule has 1 unspecified atom stereocenters. The van der Waals surface area contributed by atoms with Gasteiger partial charge < -0.3 is 15.4 Å². The van der Waals surface area contributed by atoms with E-state index in [4.69, 9.17) is 11.6 Å². The summed E-state index contributed by atoms with van der Waals surface area (Å²) in [4.78, 5) is 3.37. The second-order valence-electron chi connectivity index (χ2n) is 4.40. The third kappa shape index (κ3) is 1.72. The molecular weight excluding hydrogens is 236 g/mol. The fourth-order valence-corrected chi connectivity index (χ4v) is 2.57. The smallest absolute Gasteiger partial charge is 0.102 e. The minimum absolute atomic E-state index is 0.0690. The van der Waals surface area contributed by atoms with Gasteiger partial charge in [0, 0.05) is 28.2 Å². The SMILES string of the molecule is C=C(O)C1Cc2c([nH]c3ccc(Cl)cc23)CN1. The summed E-state index contributed by atoms with van der Waals surface area (Å²) in [6.07, 6.45) is 0.741. The number of hydrogen-bond donors (Lipinski definition) is 3. The molecular formula is C13H13ClN2O. The number of nitrogens with one attached hydrogen (secondary N) is 2. The van der Waals surface area contributed by atoms with Gasteiger partial charge in [0.1, 0.15) is 5.76 Å². The van der Waals surface area contributed by atoms with Crippen LogP contribution < -0.4 is 5.32 Å². The maximum absolute atomic E-state index is 9.47. The van der Waals surface area contributed by atoms with E-state index in [9.17, 15) is 5.11 Å². The first kappa shape index (κ1) is 10.7. The molecule has 0 saturated carbocycles. The second-order valence-corrected chi connectivity index (χ2v) is 4.84. The fourth-order valence-electron chi connectivity index (χ4n) is 2.40. The lowest BCUT2D eigenvalue weighted by Crippen LogP contribution is -2.36. The molecule has 3 rings (SSSR count). The van der Waals surface area contributed by atoms with Crippen LogP contribution in [0.15, 0.2) is 30.5 Å². The Balaban J connectivity index is 2.13. The van der Waals surface area contributed by atoms with Crippen molar-refractivity contribution in [2.24, 2.45) is 0 Å². The standard InChI is InChI=1S/C13H13ClN2O/c1-7(17)12-5-10-9-4-8(14)2-3-11(9)16-13(10)6-15-12/h2-4,12,15-17H,1,5-6H2. The van der Waals surface area contributed by atoms with Crippen molar-refractivity contribution in [2.75, 3.05) is 0 Å². The number of halogens is 1. The molecule has 0 bridgehead atoms. The van der Waals surface area contributed by atoms with Crippen LogP contribution in [-0.2, 0) is 13.0 Å². The van der Waals surface area contributed by atoms with Crippen molar-refractivity contribution in [1.29, 1.82) is 0 Å². The number of aromatic amines is 1. The predicted molar refractivity (Wildman–Crippen MR) is 69.4 cm³/mol. The topological polar surface area (TPSA) is 48.0 Å². The van der Waals surface area contributed by atoms with Crippen LogP contribution in [0.4, 0.5) is 0 Å². The maximum atomic E-state index is 9.47. The number of hydrogen-bond acceptors (Lipinski definition) is 2. The quantitative estimate of drug-likeness (QED) is 0.680. The molecule has 3 nitrogen and oxygen atoms in total. The second kappa shape index (κ2) is 3.79. The third-order valence-corrected chi connectivity index (χ3v) is 3.53. The van der Waals surface area contributed by atoms with Crippen molar-refractivity contribution in [1.82, 2.24) is 10.3 Å². The Kier molecular flexibility index (Phi) is 2.38. The van der Waals surface area contributed by atoms with E-state index in [2.05, 4.69) is 16.9 Å². The van der Waals surface area contributed by atoms with Gasteiger partial charge in [-0.2, -0.15) is 0 Å². The van der Waals surface area contributed by atoms with Gasteiger partial charge in [-0.15, -0.1) is 0 Å². The van der Waals surface area contributed by atoms with Gasteiger partial charge in [0.05, 0.1) is 6.04 Å². The number of benzene rings is 1. The van der Waals surface area contributed by atoms with E-state index >= 15 is 0 Å². The molecule has 17 heavy (non-hydrogen) atoms. The van der Waals surface area contributed by atoms with Gasteiger partial charge in [0.2, 0.25) is 0 Å². The molecule has 2 aromatic rings. The summed E-state index contributed by atoms with van der Waals surface area (Å²) in [7, 11) is 0. The number of aliphatic hydroxyl groups excluding tert-OH is 1. The Bertz CT molecular complexity index is 603. The zero-order valence-corrected chi connectivity index (χ0v) is 10.0. The molecule has 0 aliphatic carbocycles. The van der Waals surface area contributed by atoms with Crippen molar-refractivity contribution in [2.45, 2.75) is 19.0 Å². The number of aromatic nitrogens is 1. The molecule has 1 aromatic carbocycles. The van der Waals surface area contributed by atoms with Gasteiger partial charge in [-0.25, -0.2) is 0 Å². The predicted octanol–water partition coefficient (Wildman–Crippen LogP) is 2.91. The normalized spacial score (nSPS) is 19.2. The Morgan fingerprint density at radius 2 is 2.29 bits per heavy atom. The lowest BCUT2D eigenvalue weighted by Gasteiger charge is -2.23. The molecule has 2 heterocycles. The van der Waals surface area contributed by atoms with Gasteiger partial charge in [0.15, 0.2) is 0 Å². The Labute approximate surface area is 104 Å².